The Morgan fingerprint density at radius 3 is 2.65 bits per heavy atom. The van der Waals surface area contributed by atoms with Crippen LogP contribution in [0.4, 0.5) is 0 Å². The minimum atomic E-state index is -0.0584. The lowest BCUT2D eigenvalue weighted by molar-refractivity contribution is -0.120. The van der Waals surface area contributed by atoms with Crippen LogP contribution >= 0.6 is 0 Å². The van der Waals surface area contributed by atoms with Gasteiger partial charge in [0.05, 0.1) is 0 Å². The molecule has 0 radical (unpaired) electrons. The number of hydrogen-bond donors (Lipinski definition) is 0. The lowest BCUT2D eigenvalue weighted by Gasteiger charge is -2.41. The molecule has 1 fully saturated rings. The maximum Gasteiger partial charge on any atom is 0.127 e. The van der Waals surface area contributed by atoms with E-state index in [-0.39, 0.29) is 5.41 Å². The molecule has 0 amide bonds. The Morgan fingerprint density at radius 1 is 1.47 bits per heavy atom. The van der Waals surface area contributed by atoms with Crippen LogP contribution in [0.15, 0.2) is 0 Å². The van der Waals surface area contributed by atoms with Crippen LogP contribution in [0.5, 0.6) is 0 Å². The van der Waals surface area contributed by atoms with Crippen molar-refractivity contribution < 1.29 is 4.79 Å². The van der Waals surface area contributed by atoms with Gasteiger partial charge in [0, 0.05) is 18.0 Å². The molecule has 0 aromatic carbocycles. The van der Waals surface area contributed by atoms with Gasteiger partial charge in [-0.2, -0.15) is 0 Å². The molecule has 3 atom stereocenters. The van der Waals surface area contributed by atoms with Crippen molar-refractivity contribution in [2.75, 3.05) is 13.1 Å². The molecule has 1 aliphatic carbocycles. The SMILES string of the molecule is CCC(C)N(CC)CC1(C=O)CCCC(C)C1. The number of rotatable bonds is 6. The fourth-order valence-corrected chi connectivity index (χ4v) is 3.23. The van der Waals surface area contributed by atoms with Crippen molar-refractivity contribution in [3.05, 3.63) is 0 Å². The molecular weight excluding hydrogens is 210 g/mol. The van der Waals surface area contributed by atoms with E-state index in [1.54, 1.807) is 0 Å². The Kier molecular flexibility index (Phi) is 5.64. The quantitative estimate of drug-likeness (QED) is 0.661. The Bertz CT molecular complexity index is 241. The van der Waals surface area contributed by atoms with E-state index in [0.29, 0.717) is 12.0 Å². The highest BCUT2D eigenvalue weighted by Crippen LogP contribution is 2.38. The molecule has 0 aliphatic heterocycles. The van der Waals surface area contributed by atoms with Crippen LogP contribution in [0.2, 0.25) is 0 Å². The van der Waals surface area contributed by atoms with E-state index >= 15 is 0 Å². The van der Waals surface area contributed by atoms with E-state index < -0.39 is 0 Å². The number of carbonyl (C=O) groups is 1. The van der Waals surface area contributed by atoms with E-state index in [4.69, 9.17) is 0 Å². The summed E-state index contributed by atoms with van der Waals surface area (Å²) < 4.78 is 0. The first-order valence-electron chi connectivity index (χ1n) is 7.27. The topological polar surface area (TPSA) is 20.3 Å². The minimum absolute atomic E-state index is 0.0584. The Labute approximate surface area is 107 Å². The molecule has 0 bridgehead atoms. The predicted octanol–water partition coefficient (Wildman–Crippen LogP) is 3.50. The number of nitrogens with zero attached hydrogens (tertiary/aromatic N) is 1. The average molecular weight is 239 g/mol. The first kappa shape index (κ1) is 14.7. The highest BCUT2D eigenvalue weighted by molar-refractivity contribution is 5.60. The highest BCUT2D eigenvalue weighted by atomic mass is 16.1. The lowest BCUT2D eigenvalue weighted by atomic mass is 9.70. The maximum atomic E-state index is 11.6. The molecule has 0 heterocycles. The van der Waals surface area contributed by atoms with Crippen LogP contribution in [-0.4, -0.2) is 30.3 Å². The van der Waals surface area contributed by atoms with Crippen molar-refractivity contribution in [2.24, 2.45) is 11.3 Å². The Hall–Kier alpha value is -0.370. The van der Waals surface area contributed by atoms with E-state index in [1.165, 1.54) is 25.5 Å². The van der Waals surface area contributed by atoms with Gasteiger partial charge >= 0.3 is 0 Å². The molecule has 3 unspecified atom stereocenters. The molecule has 1 saturated carbocycles. The standard InChI is InChI=1S/C15H29NO/c1-5-14(4)16(6-2)11-15(12-17)9-7-8-13(3)10-15/h12-14H,5-11H2,1-4H3. The second kappa shape index (κ2) is 6.53. The van der Waals surface area contributed by atoms with Crippen molar-refractivity contribution in [1.82, 2.24) is 4.90 Å². The van der Waals surface area contributed by atoms with Crippen molar-refractivity contribution in [2.45, 2.75) is 65.8 Å². The molecule has 17 heavy (non-hydrogen) atoms. The van der Waals surface area contributed by atoms with E-state index in [2.05, 4.69) is 32.6 Å². The minimum Gasteiger partial charge on any atom is -0.303 e. The van der Waals surface area contributed by atoms with Gasteiger partial charge in [0.2, 0.25) is 0 Å². The molecule has 100 valence electrons. The predicted molar refractivity (Wildman–Crippen MR) is 73.1 cm³/mol. The number of hydrogen-bond acceptors (Lipinski definition) is 2. The van der Waals surface area contributed by atoms with Gasteiger partial charge in [-0.05, 0) is 38.6 Å². The van der Waals surface area contributed by atoms with E-state index in [1.807, 2.05) is 0 Å². The van der Waals surface area contributed by atoms with Crippen LogP contribution in [0.1, 0.15) is 59.8 Å². The van der Waals surface area contributed by atoms with Crippen LogP contribution in [-0.2, 0) is 4.79 Å². The zero-order chi connectivity index (χ0) is 12.9. The van der Waals surface area contributed by atoms with Gasteiger partial charge in [0.1, 0.15) is 6.29 Å². The molecule has 0 aromatic heterocycles. The molecule has 0 aromatic rings. The van der Waals surface area contributed by atoms with Crippen molar-refractivity contribution >= 4 is 6.29 Å². The molecule has 0 spiro atoms. The molecule has 2 heteroatoms. The molecule has 1 aliphatic rings. The summed E-state index contributed by atoms with van der Waals surface area (Å²) in [6, 6.07) is 0.592. The molecular formula is C15H29NO. The molecule has 2 nitrogen and oxygen atoms in total. The average Bonchev–Trinajstić information content (AvgIpc) is 2.35. The summed E-state index contributed by atoms with van der Waals surface area (Å²) in [4.78, 5) is 14.0. The van der Waals surface area contributed by atoms with Crippen LogP contribution in [0.3, 0.4) is 0 Å². The summed E-state index contributed by atoms with van der Waals surface area (Å²) in [7, 11) is 0. The third-order valence-corrected chi connectivity index (χ3v) is 4.51. The Balaban J connectivity index is 2.69. The van der Waals surface area contributed by atoms with Gasteiger partial charge in [-0.25, -0.2) is 0 Å². The summed E-state index contributed by atoms with van der Waals surface area (Å²) in [6.07, 6.45) is 7.12. The monoisotopic (exact) mass is 239 g/mol. The summed E-state index contributed by atoms with van der Waals surface area (Å²) in [5.74, 6) is 0.713. The van der Waals surface area contributed by atoms with Gasteiger partial charge in [-0.15, -0.1) is 0 Å². The molecule has 0 N–H and O–H groups in total. The summed E-state index contributed by atoms with van der Waals surface area (Å²) >= 11 is 0. The lowest BCUT2D eigenvalue weighted by Crippen LogP contribution is -2.45. The third kappa shape index (κ3) is 3.80. The zero-order valence-corrected chi connectivity index (χ0v) is 12.0. The fraction of sp³-hybridized carbons (Fsp3) is 0.933. The summed E-state index contributed by atoms with van der Waals surface area (Å²) in [6.45, 7) is 11.0. The molecule has 0 saturated heterocycles. The maximum absolute atomic E-state index is 11.6. The summed E-state index contributed by atoms with van der Waals surface area (Å²) in [5, 5.41) is 0. The largest absolute Gasteiger partial charge is 0.303 e. The smallest absolute Gasteiger partial charge is 0.127 e. The Morgan fingerprint density at radius 2 is 2.18 bits per heavy atom. The van der Waals surface area contributed by atoms with E-state index in [9.17, 15) is 4.79 Å². The van der Waals surface area contributed by atoms with Crippen molar-refractivity contribution in [1.29, 1.82) is 0 Å². The van der Waals surface area contributed by atoms with Gasteiger partial charge in [-0.3, -0.25) is 4.90 Å². The fourth-order valence-electron chi connectivity index (χ4n) is 3.23. The van der Waals surface area contributed by atoms with Crippen LogP contribution in [0.25, 0.3) is 0 Å². The van der Waals surface area contributed by atoms with Crippen LogP contribution < -0.4 is 0 Å². The van der Waals surface area contributed by atoms with E-state index in [0.717, 1.165) is 25.9 Å². The van der Waals surface area contributed by atoms with Crippen molar-refractivity contribution in [3.63, 3.8) is 0 Å². The van der Waals surface area contributed by atoms with Crippen molar-refractivity contribution in [3.8, 4) is 0 Å². The summed E-state index contributed by atoms with van der Waals surface area (Å²) in [5.41, 5.74) is -0.0584. The van der Waals surface area contributed by atoms with Crippen LogP contribution in [0, 0.1) is 11.3 Å². The van der Waals surface area contributed by atoms with Gasteiger partial charge in [0.15, 0.2) is 0 Å². The number of carbonyl (C=O) groups excluding carboxylic acids is 1. The molecule has 1 rings (SSSR count). The van der Waals surface area contributed by atoms with Gasteiger partial charge in [-0.1, -0.05) is 33.6 Å². The van der Waals surface area contributed by atoms with Gasteiger partial charge < -0.3 is 4.79 Å². The highest BCUT2D eigenvalue weighted by Gasteiger charge is 2.36. The normalized spacial score (nSPS) is 31.5. The first-order valence-corrected chi connectivity index (χ1v) is 7.27. The zero-order valence-electron chi connectivity index (χ0n) is 12.0. The third-order valence-electron chi connectivity index (χ3n) is 4.51. The second-order valence-electron chi connectivity index (χ2n) is 6.00. The van der Waals surface area contributed by atoms with Gasteiger partial charge in [0.25, 0.3) is 0 Å². The number of aldehydes is 1. The first-order chi connectivity index (χ1) is 8.06. The second-order valence-corrected chi connectivity index (χ2v) is 6.00.